The Balaban J connectivity index is 1.82. The molecule has 0 spiro atoms. The van der Waals surface area contributed by atoms with Gasteiger partial charge < -0.3 is 10.5 Å². The van der Waals surface area contributed by atoms with E-state index in [1.807, 2.05) is 6.92 Å². The van der Waals surface area contributed by atoms with Gasteiger partial charge in [-0.1, -0.05) is 41.2 Å². The highest BCUT2D eigenvalue weighted by molar-refractivity contribution is 7.89. The predicted octanol–water partition coefficient (Wildman–Crippen LogP) is 3.61. The number of carbonyl (C=O) groups excluding carboxylic acids is 1. The van der Waals surface area contributed by atoms with Crippen molar-refractivity contribution in [3.8, 4) is 10.4 Å². The number of hydrogen-bond acceptors (Lipinski definition) is 6. The third-order valence-corrected chi connectivity index (χ3v) is 7.23. The van der Waals surface area contributed by atoms with Crippen molar-refractivity contribution in [3.63, 3.8) is 0 Å². The zero-order valence-corrected chi connectivity index (χ0v) is 16.9. The van der Waals surface area contributed by atoms with Crippen LogP contribution < -0.4 is 10.2 Å². The summed E-state index contributed by atoms with van der Waals surface area (Å²) in [4.78, 5) is 18.8. The molecule has 1 aromatic heterocycles. The second kappa shape index (κ2) is 8.05. The molecular formula is C18H23N3O4S2. The molecule has 0 saturated heterocycles. The highest BCUT2D eigenvalue weighted by Gasteiger charge is 2.21. The summed E-state index contributed by atoms with van der Waals surface area (Å²) in [6.45, 7) is 3.47. The second-order valence-electron chi connectivity index (χ2n) is 6.91. The van der Waals surface area contributed by atoms with E-state index in [1.165, 1.54) is 35.1 Å². The van der Waals surface area contributed by atoms with Crippen LogP contribution in [0, 0.1) is 19.8 Å². The molecule has 0 unspecified atom stereocenters. The summed E-state index contributed by atoms with van der Waals surface area (Å²) in [7, 11) is -3.98. The highest BCUT2D eigenvalue weighted by Crippen LogP contribution is 2.35. The van der Waals surface area contributed by atoms with Gasteiger partial charge in [0, 0.05) is 6.42 Å². The van der Waals surface area contributed by atoms with Gasteiger partial charge in [0.2, 0.25) is 5.91 Å². The Morgan fingerprint density at radius 2 is 2.00 bits per heavy atom. The first kappa shape index (κ1) is 19.9. The lowest BCUT2D eigenvalue weighted by molar-refractivity contribution is -0.117. The van der Waals surface area contributed by atoms with Crippen LogP contribution >= 0.6 is 11.3 Å². The van der Waals surface area contributed by atoms with Crippen molar-refractivity contribution in [2.45, 2.75) is 50.8 Å². The Morgan fingerprint density at radius 3 is 2.67 bits per heavy atom. The number of hydrogen-bond donors (Lipinski definition) is 3. The Hall–Kier alpha value is -1.81. The van der Waals surface area contributed by atoms with E-state index < -0.39 is 10.0 Å². The van der Waals surface area contributed by atoms with Gasteiger partial charge in [0.05, 0.1) is 15.5 Å². The molecular weight excluding hydrogens is 386 g/mol. The summed E-state index contributed by atoms with van der Waals surface area (Å²) in [5, 5.41) is 12.3. The summed E-state index contributed by atoms with van der Waals surface area (Å²) in [5.74, 6) is 0.431. The number of anilines is 1. The van der Waals surface area contributed by atoms with Gasteiger partial charge in [0.15, 0.2) is 5.13 Å². The molecule has 3 N–H and O–H groups in total. The van der Waals surface area contributed by atoms with Gasteiger partial charge in [-0.2, -0.15) is 0 Å². The molecule has 9 heteroatoms. The highest BCUT2D eigenvalue weighted by atomic mass is 32.2. The van der Waals surface area contributed by atoms with Gasteiger partial charge in [-0.05, 0) is 49.8 Å². The first-order valence-corrected chi connectivity index (χ1v) is 11.1. The van der Waals surface area contributed by atoms with E-state index in [4.69, 9.17) is 5.21 Å². The molecule has 27 heavy (non-hydrogen) atoms. The minimum absolute atomic E-state index is 0.00196. The first-order chi connectivity index (χ1) is 12.8. The number of amides is 1. The average molecular weight is 410 g/mol. The maximum absolute atomic E-state index is 12.2. The van der Waals surface area contributed by atoms with Crippen molar-refractivity contribution < 1.29 is 18.4 Å². The van der Waals surface area contributed by atoms with Crippen molar-refractivity contribution >= 4 is 32.4 Å². The maximum atomic E-state index is 12.2. The van der Waals surface area contributed by atoms with Crippen LogP contribution in [0.2, 0.25) is 0 Å². The molecule has 2 aromatic rings. The number of benzene rings is 1. The number of rotatable bonds is 6. The van der Waals surface area contributed by atoms with Gasteiger partial charge in [-0.3, -0.25) is 4.79 Å². The summed E-state index contributed by atoms with van der Waals surface area (Å²) >= 11 is 1.31. The van der Waals surface area contributed by atoms with Crippen molar-refractivity contribution in [3.05, 3.63) is 29.5 Å². The molecule has 0 aliphatic heterocycles. The largest absolute Gasteiger partial charge is 0.302 e. The third kappa shape index (κ3) is 4.55. The van der Waals surface area contributed by atoms with E-state index in [1.54, 1.807) is 19.1 Å². The number of nitrogens with one attached hydrogen (secondary N) is 2. The van der Waals surface area contributed by atoms with E-state index in [0.29, 0.717) is 34.3 Å². The molecule has 1 heterocycles. The second-order valence-corrected chi connectivity index (χ2v) is 9.54. The number of thiazole rings is 1. The van der Waals surface area contributed by atoms with Gasteiger partial charge >= 0.3 is 0 Å². The molecule has 146 valence electrons. The maximum Gasteiger partial charge on any atom is 0.262 e. The average Bonchev–Trinajstić information content (AvgIpc) is 3.25. The number of aryl methyl sites for hydroxylation is 2. The standard InChI is InChI=1S/C18H23N3O4S2/c1-11-7-8-14(10-15(11)27(24,25)21-23)17-12(2)19-18(26-17)20-16(22)9-13-5-3-4-6-13/h7-8,10,13,21,23H,3-6,9H2,1-2H3,(H,19,20,22). The Labute approximate surface area is 162 Å². The normalized spacial score (nSPS) is 15.2. The fourth-order valence-electron chi connectivity index (χ4n) is 3.44. The van der Waals surface area contributed by atoms with E-state index in [0.717, 1.165) is 17.7 Å². The summed E-state index contributed by atoms with van der Waals surface area (Å²) in [5.41, 5.74) is 1.90. The molecule has 1 fully saturated rings. The summed E-state index contributed by atoms with van der Waals surface area (Å²) in [6.07, 6.45) is 5.12. The van der Waals surface area contributed by atoms with Gasteiger partial charge in [-0.15, -0.1) is 0 Å². The molecule has 1 saturated carbocycles. The lowest BCUT2D eigenvalue weighted by Gasteiger charge is -2.08. The number of sulfonamides is 1. The molecule has 0 radical (unpaired) electrons. The van der Waals surface area contributed by atoms with E-state index in [-0.39, 0.29) is 10.8 Å². The Bertz CT molecular complexity index is 948. The Kier molecular flexibility index (Phi) is 5.95. The minimum atomic E-state index is -3.98. The van der Waals surface area contributed by atoms with Gasteiger partial charge in [0.1, 0.15) is 0 Å². The van der Waals surface area contributed by atoms with Gasteiger partial charge in [0.25, 0.3) is 10.0 Å². The molecule has 1 aliphatic rings. The van der Waals surface area contributed by atoms with Crippen LogP contribution in [0.5, 0.6) is 0 Å². The fourth-order valence-corrected chi connectivity index (χ4v) is 5.30. The van der Waals surface area contributed by atoms with Crippen molar-refractivity contribution in [2.75, 3.05) is 5.32 Å². The molecule has 0 atom stereocenters. The predicted molar refractivity (Wildman–Crippen MR) is 104 cm³/mol. The van der Waals surface area contributed by atoms with Crippen LogP contribution in [0.4, 0.5) is 5.13 Å². The molecule has 7 nitrogen and oxygen atoms in total. The number of carbonyl (C=O) groups is 1. The van der Waals surface area contributed by atoms with Crippen LogP contribution in [0.1, 0.15) is 43.4 Å². The molecule has 3 rings (SSSR count). The van der Waals surface area contributed by atoms with Gasteiger partial charge in [-0.25, -0.2) is 13.4 Å². The number of nitrogens with zero attached hydrogens (tertiary/aromatic N) is 1. The minimum Gasteiger partial charge on any atom is -0.302 e. The zero-order chi connectivity index (χ0) is 19.6. The van der Waals surface area contributed by atoms with Crippen LogP contribution in [0.3, 0.4) is 0 Å². The van der Waals surface area contributed by atoms with Crippen LogP contribution in [0.15, 0.2) is 23.1 Å². The van der Waals surface area contributed by atoms with Crippen molar-refractivity contribution in [1.82, 2.24) is 9.87 Å². The monoisotopic (exact) mass is 409 g/mol. The van der Waals surface area contributed by atoms with E-state index in [2.05, 4.69) is 10.3 Å². The van der Waals surface area contributed by atoms with E-state index in [9.17, 15) is 13.2 Å². The topological polar surface area (TPSA) is 108 Å². The Morgan fingerprint density at radius 1 is 1.30 bits per heavy atom. The summed E-state index contributed by atoms with van der Waals surface area (Å²) < 4.78 is 24.0. The summed E-state index contributed by atoms with van der Waals surface area (Å²) in [6, 6.07) is 4.98. The van der Waals surface area contributed by atoms with Crippen LogP contribution in [0.25, 0.3) is 10.4 Å². The van der Waals surface area contributed by atoms with Crippen molar-refractivity contribution in [1.29, 1.82) is 0 Å². The van der Waals surface area contributed by atoms with Crippen molar-refractivity contribution in [2.24, 2.45) is 5.92 Å². The quantitative estimate of drug-likeness (QED) is 0.632. The molecule has 0 bridgehead atoms. The molecule has 1 amide bonds. The van der Waals surface area contributed by atoms with Crippen LogP contribution in [-0.2, 0) is 14.8 Å². The number of aromatic nitrogens is 1. The third-order valence-electron chi connectivity index (χ3n) is 4.85. The lowest BCUT2D eigenvalue weighted by atomic mass is 10.0. The molecule has 1 aromatic carbocycles. The first-order valence-electron chi connectivity index (χ1n) is 8.84. The molecule has 1 aliphatic carbocycles. The van der Waals surface area contributed by atoms with E-state index >= 15 is 0 Å². The SMILES string of the molecule is Cc1ccc(-c2sc(NC(=O)CC3CCCC3)nc2C)cc1S(=O)(=O)NO. The zero-order valence-electron chi connectivity index (χ0n) is 15.3. The smallest absolute Gasteiger partial charge is 0.262 e. The lowest BCUT2D eigenvalue weighted by Crippen LogP contribution is -2.20. The fraction of sp³-hybridized carbons (Fsp3) is 0.444. The van der Waals surface area contributed by atoms with Crippen LogP contribution in [-0.4, -0.2) is 24.5 Å².